The summed E-state index contributed by atoms with van der Waals surface area (Å²) in [7, 11) is 0. The molecule has 3 rings (SSSR count). The van der Waals surface area contributed by atoms with E-state index in [9.17, 15) is 0 Å². The first-order valence-electron chi connectivity index (χ1n) is 7.80. The molecule has 0 saturated heterocycles. The van der Waals surface area contributed by atoms with Crippen molar-refractivity contribution in [2.75, 3.05) is 26.3 Å². The predicted molar refractivity (Wildman–Crippen MR) is 84.2 cm³/mol. The Morgan fingerprint density at radius 1 is 1.29 bits per heavy atom. The summed E-state index contributed by atoms with van der Waals surface area (Å²) < 4.78 is 11.4. The summed E-state index contributed by atoms with van der Waals surface area (Å²) >= 11 is 6.34. The molecule has 2 aliphatic rings. The number of nitrogens with one attached hydrogen (secondary N) is 1. The van der Waals surface area contributed by atoms with Crippen LogP contribution in [0.5, 0.6) is 11.5 Å². The topological polar surface area (TPSA) is 56.5 Å². The van der Waals surface area contributed by atoms with E-state index in [4.69, 9.17) is 26.8 Å². The Morgan fingerprint density at radius 2 is 2.10 bits per heavy atom. The van der Waals surface area contributed by atoms with E-state index in [2.05, 4.69) is 5.32 Å². The first-order valence-corrected chi connectivity index (χ1v) is 8.18. The van der Waals surface area contributed by atoms with Crippen LogP contribution in [0.2, 0.25) is 5.02 Å². The minimum atomic E-state index is 0.110. The molecule has 0 amide bonds. The number of hydrogen-bond donors (Lipinski definition) is 2. The molecule has 1 aromatic rings. The number of benzene rings is 1. The average molecular weight is 311 g/mol. The van der Waals surface area contributed by atoms with Crippen LogP contribution >= 0.6 is 11.6 Å². The summed E-state index contributed by atoms with van der Waals surface area (Å²) in [5.41, 5.74) is 6.99. The SMILES string of the molecule is NCC(NCCC1CC1)c1cc(Cl)c2c(c1)OCCCO2. The van der Waals surface area contributed by atoms with Crippen LogP contribution in [-0.4, -0.2) is 26.3 Å². The molecule has 1 aliphatic heterocycles. The molecule has 3 N–H and O–H groups in total. The fourth-order valence-electron chi connectivity index (χ4n) is 2.66. The van der Waals surface area contributed by atoms with Gasteiger partial charge in [0.2, 0.25) is 0 Å². The van der Waals surface area contributed by atoms with Crippen molar-refractivity contribution in [3.8, 4) is 11.5 Å². The van der Waals surface area contributed by atoms with Crippen LogP contribution in [0.1, 0.15) is 37.3 Å². The van der Waals surface area contributed by atoms with Gasteiger partial charge in [-0.15, -0.1) is 0 Å². The average Bonchev–Trinajstić information content (AvgIpc) is 3.30. The van der Waals surface area contributed by atoms with Crippen molar-refractivity contribution in [2.24, 2.45) is 11.7 Å². The van der Waals surface area contributed by atoms with Crippen molar-refractivity contribution >= 4 is 11.6 Å². The van der Waals surface area contributed by atoms with Gasteiger partial charge in [-0.2, -0.15) is 0 Å². The lowest BCUT2D eigenvalue weighted by Crippen LogP contribution is -2.29. The molecule has 1 aromatic carbocycles. The summed E-state index contributed by atoms with van der Waals surface area (Å²) in [5, 5.41) is 4.13. The van der Waals surface area contributed by atoms with Crippen LogP contribution in [0.15, 0.2) is 12.1 Å². The van der Waals surface area contributed by atoms with Crippen molar-refractivity contribution in [3.05, 3.63) is 22.7 Å². The fourth-order valence-corrected chi connectivity index (χ4v) is 2.93. The Labute approximate surface area is 130 Å². The number of rotatable bonds is 6. The predicted octanol–water partition coefficient (Wildman–Crippen LogP) is 2.89. The van der Waals surface area contributed by atoms with Gasteiger partial charge >= 0.3 is 0 Å². The maximum atomic E-state index is 6.34. The maximum absolute atomic E-state index is 6.34. The van der Waals surface area contributed by atoms with Crippen LogP contribution in [-0.2, 0) is 0 Å². The van der Waals surface area contributed by atoms with Gasteiger partial charge < -0.3 is 20.5 Å². The monoisotopic (exact) mass is 310 g/mol. The summed E-state index contributed by atoms with van der Waals surface area (Å²) in [6.07, 6.45) is 4.87. The number of hydrogen-bond acceptors (Lipinski definition) is 4. The van der Waals surface area contributed by atoms with E-state index >= 15 is 0 Å². The number of ether oxygens (including phenoxy) is 2. The Morgan fingerprint density at radius 3 is 2.86 bits per heavy atom. The van der Waals surface area contributed by atoms with Crippen LogP contribution < -0.4 is 20.5 Å². The molecule has 0 radical (unpaired) electrons. The quantitative estimate of drug-likeness (QED) is 0.848. The molecule has 1 fully saturated rings. The summed E-state index contributed by atoms with van der Waals surface area (Å²) in [6, 6.07) is 4.06. The second-order valence-corrected chi connectivity index (χ2v) is 6.26. The second-order valence-electron chi connectivity index (χ2n) is 5.85. The zero-order valence-electron chi connectivity index (χ0n) is 12.2. The molecule has 1 aliphatic carbocycles. The first kappa shape index (κ1) is 14.9. The lowest BCUT2D eigenvalue weighted by atomic mass is 10.1. The number of nitrogens with two attached hydrogens (primary N) is 1. The fraction of sp³-hybridized carbons (Fsp3) is 0.625. The molecular formula is C16H23ClN2O2. The molecule has 0 bridgehead atoms. The van der Waals surface area contributed by atoms with Crippen LogP contribution in [0.4, 0.5) is 0 Å². The minimum absolute atomic E-state index is 0.110. The molecular weight excluding hydrogens is 288 g/mol. The van der Waals surface area contributed by atoms with Crippen LogP contribution in [0.25, 0.3) is 0 Å². The maximum Gasteiger partial charge on any atom is 0.179 e. The van der Waals surface area contributed by atoms with Gasteiger partial charge in [0, 0.05) is 19.0 Å². The van der Waals surface area contributed by atoms with Crippen molar-refractivity contribution in [2.45, 2.75) is 31.7 Å². The molecule has 1 saturated carbocycles. The molecule has 4 nitrogen and oxygen atoms in total. The molecule has 1 atom stereocenters. The molecule has 1 unspecified atom stereocenters. The lowest BCUT2D eigenvalue weighted by molar-refractivity contribution is 0.297. The first-order chi connectivity index (χ1) is 10.3. The highest BCUT2D eigenvalue weighted by Crippen LogP contribution is 2.39. The van der Waals surface area contributed by atoms with Crippen molar-refractivity contribution in [3.63, 3.8) is 0 Å². The second kappa shape index (κ2) is 6.86. The normalized spacial score (nSPS) is 19.1. The lowest BCUT2D eigenvalue weighted by Gasteiger charge is -2.19. The van der Waals surface area contributed by atoms with E-state index < -0.39 is 0 Å². The van der Waals surface area contributed by atoms with E-state index in [1.165, 1.54) is 19.3 Å². The Bertz CT molecular complexity index is 491. The highest BCUT2D eigenvalue weighted by Gasteiger charge is 2.22. The van der Waals surface area contributed by atoms with Gasteiger partial charge in [-0.3, -0.25) is 0 Å². The van der Waals surface area contributed by atoms with Gasteiger partial charge in [-0.25, -0.2) is 0 Å². The third-order valence-electron chi connectivity index (χ3n) is 4.10. The van der Waals surface area contributed by atoms with Gasteiger partial charge in [-0.05, 0) is 36.6 Å². The zero-order valence-corrected chi connectivity index (χ0v) is 13.0. The largest absolute Gasteiger partial charge is 0.489 e. The summed E-state index contributed by atoms with van der Waals surface area (Å²) in [5.74, 6) is 2.31. The molecule has 0 spiro atoms. The Balaban J connectivity index is 1.72. The van der Waals surface area contributed by atoms with E-state index in [0.717, 1.165) is 30.2 Å². The van der Waals surface area contributed by atoms with E-state index in [1.54, 1.807) is 0 Å². The van der Waals surface area contributed by atoms with Gasteiger partial charge in [0.1, 0.15) is 0 Å². The van der Waals surface area contributed by atoms with Crippen molar-refractivity contribution in [1.82, 2.24) is 5.32 Å². The molecule has 1 heterocycles. The molecule has 116 valence electrons. The molecule has 5 heteroatoms. The Hall–Kier alpha value is -0.970. The summed E-state index contributed by atoms with van der Waals surface area (Å²) in [4.78, 5) is 0. The number of halogens is 1. The van der Waals surface area contributed by atoms with E-state index in [0.29, 0.717) is 30.5 Å². The van der Waals surface area contributed by atoms with E-state index in [1.807, 2.05) is 12.1 Å². The van der Waals surface area contributed by atoms with E-state index in [-0.39, 0.29) is 6.04 Å². The van der Waals surface area contributed by atoms with Crippen molar-refractivity contribution in [1.29, 1.82) is 0 Å². The van der Waals surface area contributed by atoms with Gasteiger partial charge in [-0.1, -0.05) is 24.4 Å². The zero-order chi connectivity index (χ0) is 14.7. The number of fused-ring (bicyclic) bond motifs is 1. The Kier molecular flexibility index (Phi) is 4.88. The smallest absolute Gasteiger partial charge is 0.179 e. The van der Waals surface area contributed by atoms with Gasteiger partial charge in [0.15, 0.2) is 11.5 Å². The minimum Gasteiger partial charge on any atom is -0.489 e. The third kappa shape index (κ3) is 3.82. The standard InChI is InChI=1S/C16H23ClN2O2/c17-13-8-12(9-15-16(13)21-7-1-6-20-15)14(10-18)19-5-4-11-2-3-11/h8-9,11,14,19H,1-7,10,18H2. The van der Waals surface area contributed by atoms with Gasteiger partial charge in [0.25, 0.3) is 0 Å². The van der Waals surface area contributed by atoms with Crippen molar-refractivity contribution < 1.29 is 9.47 Å². The van der Waals surface area contributed by atoms with Crippen LogP contribution in [0, 0.1) is 5.92 Å². The van der Waals surface area contributed by atoms with Crippen LogP contribution in [0.3, 0.4) is 0 Å². The third-order valence-corrected chi connectivity index (χ3v) is 4.38. The highest BCUT2D eigenvalue weighted by molar-refractivity contribution is 6.32. The molecule has 21 heavy (non-hydrogen) atoms. The summed E-state index contributed by atoms with van der Waals surface area (Å²) in [6.45, 7) is 2.85. The molecule has 0 aromatic heterocycles. The highest BCUT2D eigenvalue weighted by atomic mass is 35.5. The van der Waals surface area contributed by atoms with Gasteiger partial charge in [0.05, 0.1) is 18.2 Å².